The Labute approximate surface area is 326 Å². The first-order chi connectivity index (χ1) is 26.4. The molecule has 1 aliphatic heterocycles. The molecule has 3 amide bonds. The van der Waals surface area contributed by atoms with Crippen LogP contribution in [0, 0.1) is 29.0 Å². The summed E-state index contributed by atoms with van der Waals surface area (Å²) in [5, 5.41) is 15.0. The van der Waals surface area contributed by atoms with Crippen LogP contribution in [0.4, 0.5) is 4.39 Å². The Balaban J connectivity index is 0.000000211. The van der Waals surface area contributed by atoms with Gasteiger partial charge in [-0.25, -0.2) is 4.39 Å². The minimum Gasteiger partial charge on any atom is -0.481 e. The van der Waals surface area contributed by atoms with Crippen LogP contribution >= 0.6 is 0 Å². The van der Waals surface area contributed by atoms with Crippen LogP contribution in [0.2, 0.25) is 0 Å². The second kappa shape index (κ2) is 18.3. The molecule has 1 heterocycles. The number of rotatable bonds is 13. The fourth-order valence-electron chi connectivity index (χ4n) is 10.8. The number of hydrogen-bond acceptors (Lipinski definition) is 5. The zero-order chi connectivity index (χ0) is 39.0. The standard InChI is InChI=1S/C29H43N3O2.C16H18FNO3/c1-32(2)29(24-6-4-3-5-7-24)12-10-25(11-13-29)31-27(34)9-8-26(33)30-20-28-17-21-14-22(18-28)16-23(15-21)19-28;17-14-6-4-12(5-7-14)13-8-10-18(11-9-13)15(19)2-1-3-16(20)21/h3-7,21-23,25H,8-20H2,1-2H3,(H,30,33)(H,31,34);4-8H,1-3,9-11H2,(H,20,21). The van der Waals surface area contributed by atoms with Crippen molar-refractivity contribution in [2.75, 3.05) is 33.7 Å². The molecule has 0 radical (unpaired) electrons. The number of carbonyl (C=O) groups excluding carboxylic acids is 3. The first kappa shape index (κ1) is 40.6. The van der Waals surface area contributed by atoms with Crippen molar-refractivity contribution in [3.8, 4) is 0 Å². The fourth-order valence-corrected chi connectivity index (χ4v) is 10.8. The molecule has 5 fully saturated rings. The highest BCUT2D eigenvalue weighted by Gasteiger charge is 2.50. The van der Waals surface area contributed by atoms with Gasteiger partial charge in [-0.15, -0.1) is 0 Å². The molecule has 55 heavy (non-hydrogen) atoms. The topological polar surface area (TPSA) is 119 Å². The average Bonchev–Trinajstić information content (AvgIpc) is 3.17. The van der Waals surface area contributed by atoms with Gasteiger partial charge >= 0.3 is 5.97 Å². The first-order valence-corrected chi connectivity index (χ1v) is 20.7. The lowest BCUT2D eigenvalue weighted by molar-refractivity contribution is -0.137. The van der Waals surface area contributed by atoms with Crippen LogP contribution in [-0.4, -0.2) is 78.4 Å². The number of nitrogens with one attached hydrogen (secondary N) is 2. The van der Waals surface area contributed by atoms with Gasteiger partial charge in [-0.2, -0.15) is 0 Å². The average molecular weight is 757 g/mol. The molecule has 5 saturated carbocycles. The summed E-state index contributed by atoms with van der Waals surface area (Å²) in [6, 6.07) is 17.3. The van der Waals surface area contributed by atoms with Gasteiger partial charge in [0, 0.05) is 56.9 Å². The molecule has 10 heteroatoms. The summed E-state index contributed by atoms with van der Waals surface area (Å²) in [4.78, 5) is 51.6. The van der Waals surface area contributed by atoms with Crippen LogP contribution < -0.4 is 10.6 Å². The molecule has 3 N–H and O–H groups in total. The van der Waals surface area contributed by atoms with E-state index in [0.29, 0.717) is 37.8 Å². The molecule has 298 valence electrons. The summed E-state index contributed by atoms with van der Waals surface area (Å²) >= 11 is 0. The van der Waals surface area contributed by atoms with Crippen molar-refractivity contribution in [1.82, 2.24) is 20.4 Å². The summed E-state index contributed by atoms with van der Waals surface area (Å²) < 4.78 is 12.9. The van der Waals surface area contributed by atoms with Crippen LogP contribution in [0.5, 0.6) is 0 Å². The molecule has 0 unspecified atom stereocenters. The Hall–Kier alpha value is -4.05. The molecule has 0 spiro atoms. The zero-order valence-corrected chi connectivity index (χ0v) is 32.9. The normalized spacial score (nSPS) is 28.1. The second-order valence-electron chi connectivity index (χ2n) is 17.4. The maximum atomic E-state index is 12.9. The van der Waals surface area contributed by atoms with Crippen LogP contribution in [0.1, 0.15) is 114 Å². The van der Waals surface area contributed by atoms with Crippen molar-refractivity contribution in [3.63, 3.8) is 0 Å². The van der Waals surface area contributed by atoms with E-state index in [4.69, 9.17) is 5.11 Å². The number of aliphatic carboxylic acids is 1. The summed E-state index contributed by atoms with van der Waals surface area (Å²) in [6.07, 6.45) is 16.2. The molecule has 2 aromatic carbocycles. The van der Waals surface area contributed by atoms with Crippen LogP contribution in [0.15, 0.2) is 60.7 Å². The van der Waals surface area contributed by atoms with E-state index in [2.05, 4.69) is 60.0 Å². The van der Waals surface area contributed by atoms with Crippen LogP contribution in [0.3, 0.4) is 0 Å². The van der Waals surface area contributed by atoms with Crippen LogP contribution in [-0.2, 0) is 24.7 Å². The summed E-state index contributed by atoms with van der Waals surface area (Å²) in [5.41, 5.74) is 3.85. The fraction of sp³-hybridized carbons (Fsp3) is 0.600. The molecule has 0 aromatic heterocycles. The first-order valence-electron chi connectivity index (χ1n) is 20.7. The molecule has 8 rings (SSSR count). The van der Waals surface area contributed by atoms with Crippen molar-refractivity contribution < 1.29 is 28.7 Å². The van der Waals surface area contributed by atoms with E-state index >= 15 is 0 Å². The molecule has 2 aromatic rings. The van der Waals surface area contributed by atoms with E-state index < -0.39 is 5.97 Å². The van der Waals surface area contributed by atoms with Gasteiger partial charge in [0.05, 0.1) is 0 Å². The van der Waals surface area contributed by atoms with Crippen LogP contribution in [0.25, 0.3) is 5.57 Å². The lowest BCUT2D eigenvalue weighted by Gasteiger charge is -2.56. The number of carboxylic acids is 1. The molecule has 0 atom stereocenters. The van der Waals surface area contributed by atoms with Crippen molar-refractivity contribution in [2.24, 2.45) is 23.2 Å². The summed E-state index contributed by atoms with van der Waals surface area (Å²) in [5.74, 6) is 1.63. The number of hydrogen-bond donors (Lipinski definition) is 3. The van der Waals surface area contributed by atoms with E-state index in [0.717, 1.165) is 67.5 Å². The Morgan fingerprint density at radius 2 is 1.45 bits per heavy atom. The lowest BCUT2D eigenvalue weighted by Crippen LogP contribution is -2.51. The number of nitrogens with zero attached hydrogens (tertiary/aromatic N) is 2. The Morgan fingerprint density at radius 1 is 0.836 bits per heavy atom. The van der Waals surface area contributed by atoms with E-state index in [9.17, 15) is 23.6 Å². The van der Waals surface area contributed by atoms with Gasteiger partial charge in [0.2, 0.25) is 17.7 Å². The maximum absolute atomic E-state index is 12.9. The highest BCUT2D eigenvalue weighted by atomic mass is 19.1. The third kappa shape index (κ3) is 10.6. The van der Waals surface area contributed by atoms with Gasteiger partial charge < -0.3 is 20.6 Å². The summed E-state index contributed by atoms with van der Waals surface area (Å²) in [7, 11) is 4.32. The van der Waals surface area contributed by atoms with Gasteiger partial charge in [-0.1, -0.05) is 48.5 Å². The number of halogens is 1. The maximum Gasteiger partial charge on any atom is 0.303 e. The number of amides is 3. The Bertz CT molecular complexity index is 1630. The third-order valence-corrected chi connectivity index (χ3v) is 13.3. The smallest absolute Gasteiger partial charge is 0.303 e. The zero-order valence-electron chi connectivity index (χ0n) is 32.9. The highest BCUT2D eigenvalue weighted by Crippen LogP contribution is 2.59. The quantitative estimate of drug-likeness (QED) is 0.197. The predicted octanol–water partition coefficient (Wildman–Crippen LogP) is 7.31. The summed E-state index contributed by atoms with van der Waals surface area (Å²) in [6.45, 7) is 1.97. The van der Waals surface area contributed by atoms with Gasteiger partial charge in [0.15, 0.2) is 0 Å². The molecule has 5 aliphatic carbocycles. The second-order valence-corrected chi connectivity index (χ2v) is 17.4. The largest absolute Gasteiger partial charge is 0.481 e. The van der Waals surface area contributed by atoms with Gasteiger partial charge in [0.25, 0.3) is 0 Å². The SMILES string of the molecule is CN(C)C1(c2ccccc2)CCC(NC(=O)CCC(=O)NCC23CC4CC(CC(C4)C2)C3)CC1.O=C(O)CCCC(=O)N1CC=C(c2ccc(F)cc2)CC1. The number of carboxylic acid groups (broad SMARTS) is 1. The molecule has 4 bridgehead atoms. The highest BCUT2D eigenvalue weighted by molar-refractivity contribution is 5.84. The Morgan fingerprint density at radius 3 is 2.02 bits per heavy atom. The predicted molar refractivity (Wildman–Crippen MR) is 212 cm³/mol. The van der Waals surface area contributed by atoms with Crippen molar-refractivity contribution in [1.29, 1.82) is 0 Å². The number of carbonyl (C=O) groups is 4. The van der Waals surface area contributed by atoms with Gasteiger partial charge in [-0.05, 0) is 143 Å². The van der Waals surface area contributed by atoms with Crippen molar-refractivity contribution in [3.05, 3.63) is 77.6 Å². The minimum atomic E-state index is -0.875. The molecular formula is C45H61FN4O5. The van der Waals surface area contributed by atoms with Gasteiger partial charge in [-0.3, -0.25) is 24.1 Å². The van der Waals surface area contributed by atoms with E-state index in [1.54, 1.807) is 17.0 Å². The Kier molecular flexibility index (Phi) is 13.5. The van der Waals surface area contributed by atoms with E-state index in [1.807, 2.05) is 6.08 Å². The minimum absolute atomic E-state index is 0.00865. The molecule has 9 nitrogen and oxygen atoms in total. The van der Waals surface area contributed by atoms with Gasteiger partial charge in [0.1, 0.15) is 5.82 Å². The van der Waals surface area contributed by atoms with E-state index in [-0.39, 0.29) is 48.0 Å². The van der Waals surface area contributed by atoms with Crippen molar-refractivity contribution >= 4 is 29.3 Å². The van der Waals surface area contributed by atoms with E-state index in [1.165, 1.54) is 56.2 Å². The molecule has 0 saturated heterocycles. The molecular weight excluding hydrogens is 696 g/mol. The van der Waals surface area contributed by atoms with Crippen molar-refractivity contribution in [2.45, 2.75) is 114 Å². The monoisotopic (exact) mass is 756 g/mol. The number of benzene rings is 2. The molecule has 6 aliphatic rings. The lowest BCUT2D eigenvalue weighted by atomic mass is 9.49. The third-order valence-electron chi connectivity index (χ3n) is 13.3.